The van der Waals surface area contributed by atoms with Gasteiger partial charge in [0.15, 0.2) is 0 Å². The molecule has 0 radical (unpaired) electrons. The minimum Gasteiger partial charge on any atom is -0.379 e. The summed E-state index contributed by atoms with van der Waals surface area (Å²) in [5.41, 5.74) is 4.40. The first kappa shape index (κ1) is 15.5. The Morgan fingerprint density at radius 3 is 2.29 bits per heavy atom. The highest BCUT2D eigenvalue weighted by Gasteiger charge is 2.13. The molecule has 0 bridgehead atoms. The van der Waals surface area contributed by atoms with Crippen LogP contribution in [-0.2, 0) is 11.3 Å². The lowest BCUT2D eigenvalue weighted by atomic mass is 10.1. The van der Waals surface area contributed by atoms with Crippen molar-refractivity contribution >= 4 is 5.69 Å². The predicted molar refractivity (Wildman–Crippen MR) is 95.0 cm³/mol. The van der Waals surface area contributed by atoms with Gasteiger partial charge in [-0.15, -0.1) is 0 Å². The van der Waals surface area contributed by atoms with Crippen molar-refractivity contribution in [2.45, 2.75) is 19.4 Å². The molecule has 24 heavy (non-hydrogen) atoms. The molecule has 2 aliphatic heterocycles. The van der Waals surface area contributed by atoms with Gasteiger partial charge in [-0.25, -0.2) is 0 Å². The summed E-state index contributed by atoms with van der Waals surface area (Å²) in [6.07, 6.45) is 6.40. The number of morpholine rings is 1. The molecule has 4 rings (SSSR count). The lowest BCUT2D eigenvalue weighted by molar-refractivity contribution is 0.0336. The summed E-state index contributed by atoms with van der Waals surface area (Å²) in [7, 11) is 0. The summed E-state index contributed by atoms with van der Waals surface area (Å²) in [6, 6.07) is 8.70. The first-order valence-corrected chi connectivity index (χ1v) is 8.85. The Bertz CT molecular complexity index is 644. The molecule has 0 N–H and O–H groups in total. The van der Waals surface area contributed by atoms with E-state index in [4.69, 9.17) is 4.74 Å². The van der Waals surface area contributed by atoms with Gasteiger partial charge >= 0.3 is 0 Å². The standard InChI is InChI=1S/C19H24N4O/c1-2-8-23(7-1)18-5-3-16(4-6-18)19-14-20-17(13-21-19)15-22-9-11-24-12-10-22/h3-6,13-14H,1-2,7-12,15H2. The zero-order valence-corrected chi connectivity index (χ0v) is 14.0. The van der Waals surface area contributed by atoms with E-state index in [0.29, 0.717) is 0 Å². The lowest BCUT2D eigenvalue weighted by Gasteiger charge is -2.25. The van der Waals surface area contributed by atoms with Crippen molar-refractivity contribution in [1.82, 2.24) is 14.9 Å². The number of ether oxygens (including phenoxy) is 1. The molecule has 1 aromatic carbocycles. The largest absolute Gasteiger partial charge is 0.379 e. The van der Waals surface area contributed by atoms with Crippen molar-refractivity contribution in [3.8, 4) is 11.3 Å². The molecule has 5 heteroatoms. The van der Waals surface area contributed by atoms with E-state index in [1.165, 1.54) is 31.6 Å². The predicted octanol–water partition coefficient (Wildman–Crippen LogP) is 2.58. The third-order valence-electron chi connectivity index (χ3n) is 4.83. The molecular weight excluding hydrogens is 300 g/mol. The Balaban J connectivity index is 1.42. The van der Waals surface area contributed by atoms with E-state index in [-0.39, 0.29) is 0 Å². The summed E-state index contributed by atoms with van der Waals surface area (Å²) in [5, 5.41) is 0. The van der Waals surface area contributed by atoms with Gasteiger partial charge in [-0.2, -0.15) is 0 Å². The molecule has 0 atom stereocenters. The Hall–Kier alpha value is -1.98. The molecule has 0 amide bonds. The second-order valence-corrected chi connectivity index (χ2v) is 6.52. The van der Waals surface area contributed by atoms with Crippen molar-refractivity contribution in [3.63, 3.8) is 0 Å². The quantitative estimate of drug-likeness (QED) is 0.865. The fourth-order valence-electron chi connectivity index (χ4n) is 3.39. The van der Waals surface area contributed by atoms with Gasteiger partial charge in [-0.05, 0) is 25.0 Å². The van der Waals surface area contributed by atoms with Gasteiger partial charge in [0.1, 0.15) is 0 Å². The topological polar surface area (TPSA) is 41.5 Å². The Labute approximate surface area is 143 Å². The van der Waals surface area contributed by atoms with Gasteiger partial charge in [-0.1, -0.05) is 12.1 Å². The SMILES string of the molecule is c1cc(N2CCCC2)ccc1-c1cnc(CN2CCOCC2)cn1. The highest BCUT2D eigenvalue weighted by Crippen LogP contribution is 2.24. The van der Waals surface area contributed by atoms with Crippen LogP contribution in [0.1, 0.15) is 18.5 Å². The Morgan fingerprint density at radius 1 is 0.875 bits per heavy atom. The van der Waals surface area contributed by atoms with E-state index >= 15 is 0 Å². The fourth-order valence-corrected chi connectivity index (χ4v) is 3.39. The van der Waals surface area contributed by atoms with Crippen LogP contribution in [0.2, 0.25) is 0 Å². The average molecular weight is 324 g/mol. The molecule has 5 nitrogen and oxygen atoms in total. The molecule has 2 aromatic rings. The first-order chi connectivity index (χ1) is 11.9. The first-order valence-electron chi connectivity index (χ1n) is 8.85. The fraction of sp³-hybridized carbons (Fsp3) is 0.474. The number of rotatable bonds is 4. The maximum atomic E-state index is 5.38. The van der Waals surface area contributed by atoms with Crippen LogP contribution in [-0.4, -0.2) is 54.3 Å². The molecule has 0 unspecified atom stereocenters. The molecule has 0 spiro atoms. The van der Waals surface area contributed by atoms with Crippen LogP contribution in [0.5, 0.6) is 0 Å². The van der Waals surface area contributed by atoms with E-state index in [0.717, 1.165) is 49.8 Å². The Kier molecular flexibility index (Phi) is 4.71. The number of benzene rings is 1. The van der Waals surface area contributed by atoms with Gasteiger partial charge in [-0.3, -0.25) is 14.9 Å². The third kappa shape index (κ3) is 3.57. The van der Waals surface area contributed by atoms with Crippen LogP contribution in [0.4, 0.5) is 5.69 Å². The van der Waals surface area contributed by atoms with Crippen molar-refractivity contribution < 1.29 is 4.74 Å². The molecule has 0 saturated carbocycles. The minimum atomic E-state index is 0.814. The van der Waals surface area contributed by atoms with Crippen LogP contribution in [0.25, 0.3) is 11.3 Å². The van der Waals surface area contributed by atoms with E-state index in [2.05, 4.69) is 44.0 Å². The van der Waals surface area contributed by atoms with Gasteiger partial charge in [0.2, 0.25) is 0 Å². The maximum absolute atomic E-state index is 5.38. The summed E-state index contributed by atoms with van der Waals surface area (Å²) >= 11 is 0. The Morgan fingerprint density at radius 2 is 1.62 bits per heavy atom. The normalized spacial score (nSPS) is 18.9. The molecule has 0 aliphatic carbocycles. The zero-order chi connectivity index (χ0) is 16.2. The van der Waals surface area contributed by atoms with Crippen molar-refractivity contribution in [2.24, 2.45) is 0 Å². The second-order valence-electron chi connectivity index (χ2n) is 6.52. The molecule has 2 fully saturated rings. The van der Waals surface area contributed by atoms with Crippen LogP contribution >= 0.6 is 0 Å². The lowest BCUT2D eigenvalue weighted by Crippen LogP contribution is -2.35. The average Bonchev–Trinajstić information content (AvgIpc) is 3.18. The molecule has 126 valence electrons. The summed E-state index contributed by atoms with van der Waals surface area (Å²) < 4.78 is 5.38. The van der Waals surface area contributed by atoms with Gasteiger partial charge < -0.3 is 9.64 Å². The summed E-state index contributed by atoms with van der Waals surface area (Å²) in [5.74, 6) is 0. The molecule has 3 heterocycles. The maximum Gasteiger partial charge on any atom is 0.0885 e. The van der Waals surface area contributed by atoms with Crippen molar-refractivity contribution in [1.29, 1.82) is 0 Å². The van der Waals surface area contributed by atoms with Crippen LogP contribution in [0, 0.1) is 0 Å². The third-order valence-corrected chi connectivity index (χ3v) is 4.83. The second kappa shape index (κ2) is 7.28. The molecular formula is C19H24N4O. The monoisotopic (exact) mass is 324 g/mol. The number of aromatic nitrogens is 2. The number of nitrogens with zero attached hydrogens (tertiary/aromatic N) is 4. The number of hydrogen-bond acceptors (Lipinski definition) is 5. The highest BCUT2D eigenvalue weighted by atomic mass is 16.5. The van der Waals surface area contributed by atoms with Gasteiger partial charge in [0.05, 0.1) is 37.0 Å². The van der Waals surface area contributed by atoms with Crippen molar-refractivity contribution in [2.75, 3.05) is 44.3 Å². The zero-order valence-electron chi connectivity index (χ0n) is 14.0. The minimum absolute atomic E-state index is 0.814. The van der Waals surface area contributed by atoms with Gasteiger partial charge in [0.25, 0.3) is 0 Å². The summed E-state index contributed by atoms with van der Waals surface area (Å²) in [4.78, 5) is 14.0. The number of anilines is 1. The number of hydrogen-bond donors (Lipinski definition) is 0. The van der Waals surface area contributed by atoms with E-state index in [1.54, 1.807) is 0 Å². The highest BCUT2D eigenvalue weighted by molar-refractivity contribution is 5.62. The van der Waals surface area contributed by atoms with Crippen molar-refractivity contribution in [3.05, 3.63) is 42.4 Å². The van der Waals surface area contributed by atoms with Crippen LogP contribution in [0.15, 0.2) is 36.7 Å². The van der Waals surface area contributed by atoms with Crippen LogP contribution in [0.3, 0.4) is 0 Å². The van der Waals surface area contributed by atoms with Crippen LogP contribution < -0.4 is 4.90 Å². The van der Waals surface area contributed by atoms with E-state index in [1.807, 2.05) is 12.4 Å². The van der Waals surface area contributed by atoms with E-state index < -0.39 is 0 Å². The molecule has 2 saturated heterocycles. The summed E-state index contributed by atoms with van der Waals surface area (Å²) in [6.45, 7) is 6.78. The molecule has 1 aromatic heterocycles. The smallest absolute Gasteiger partial charge is 0.0885 e. The van der Waals surface area contributed by atoms with Gasteiger partial charge in [0, 0.05) is 44.0 Å². The van der Waals surface area contributed by atoms with E-state index in [9.17, 15) is 0 Å². The molecule has 2 aliphatic rings.